The van der Waals surface area contributed by atoms with E-state index in [1.54, 1.807) is 11.3 Å². The number of thiazole rings is 1. The summed E-state index contributed by atoms with van der Waals surface area (Å²) in [5.74, 6) is 2.62. The van der Waals surface area contributed by atoms with Gasteiger partial charge in [-0.05, 0) is 43.7 Å². The van der Waals surface area contributed by atoms with Crippen LogP contribution in [0.15, 0.2) is 29.9 Å². The van der Waals surface area contributed by atoms with Crippen molar-refractivity contribution < 1.29 is 0 Å². The molecule has 3 rings (SSSR count). The van der Waals surface area contributed by atoms with Crippen LogP contribution in [-0.2, 0) is 6.42 Å². The van der Waals surface area contributed by atoms with Crippen molar-refractivity contribution in [2.75, 3.05) is 18.1 Å². The number of hydrogen-bond donors (Lipinski definition) is 1. The number of thioether (sulfide) groups is 1. The van der Waals surface area contributed by atoms with E-state index in [-0.39, 0.29) is 0 Å². The van der Waals surface area contributed by atoms with E-state index in [4.69, 9.17) is 4.98 Å². The number of hydrogen-bond acceptors (Lipinski definition) is 5. The lowest BCUT2D eigenvalue weighted by molar-refractivity contribution is 0.501. The molecular formula is C16H21N3S2. The predicted molar refractivity (Wildman–Crippen MR) is 92.0 cm³/mol. The quantitative estimate of drug-likeness (QED) is 0.825. The smallest absolute Gasteiger partial charge is 0.0933 e. The number of rotatable bonds is 6. The van der Waals surface area contributed by atoms with Crippen molar-refractivity contribution in [1.29, 1.82) is 0 Å². The average molecular weight is 319 g/mol. The highest BCUT2D eigenvalue weighted by atomic mass is 32.2. The number of aromatic nitrogens is 2. The van der Waals surface area contributed by atoms with Gasteiger partial charge >= 0.3 is 0 Å². The van der Waals surface area contributed by atoms with Crippen molar-refractivity contribution in [3.63, 3.8) is 0 Å². The van der Waals surface area contributed by atoms with Gasteiger partial charge in [0, 0.05) is 41.6 Å². The van der Waals surface area contributed by atoms with Gasteiger partial charge in [-0.2, -0.15) is 11.8 Å². The van der Waals surface area contributed by atoms with E-state index in [1.807, 2.05) is 24.5 Å². The van der Waals surface area contributed by atoms with Crippen molar-refractivity contribution in [1.82, 2.24) is 15.3 Å². The van der Waals surface area contributed by atoms with Gasteiger partial charge in [-0.25, -0.2) is 4.98 Å². The number of aryl methyl sites for hydroxylation is 1. The zero-order chi connectivity index (χ0) is 14.3. The fraction of sp³-hybridized carbons (Fsp3) is 0.500. The molecule has 0 radical (unpaired) electrons. The molecule has 5 heteroatoms. The Kier molecular flexibility index (Phi) is 5.66. The molecule has 2 aromatic rings. The lowest BCUT2D eigenvalue weighted by Gasteiger charge is -2.22. The van der Waals surface area contributed by atoms with E-state index in [1.165, 1.54) is 35.8 Å². The minimum atomic E-state index is 0.729. The highest BCUT2D eigenvalue weighted by molar-refractivity contribution is 7.99. The zero-order valence-electron chi connectivity index (χ0n) is 12.1. The first-order valence-electron chi connectivity index (χ1n) is 7.58. The zero-order valence-corrected chi connectivity index (χ0v) is 13.8. The van der Waals surface area contributed by atoms with Crippen molar-refractivity contribution in [2.45, 2.75) is 31.7 Å². The summed E-state index contributed by atoms with van der Waals surface area (Å²) in [6.45, 7) is 1.11. The molecule has 21 heavy (non-hydrogen) atoms. The van der Waals surface area contributed by atoms with Crippen molar-refractivity contribution >= 4 is 23.1 Å². The SMILES string of the molecule is c1cc(-c2csc(CCCNC3CCCSC3)n2)ccn1. The summed E-state index contributed by atoms with van der Waals surface area (Å²) in [5.41, 5.74) is 2.24. The molecule has 1 atom stereocenters. The Bertz CT molecular complexity index is 535. The van der Waals surface area contributed by atoms with Gasteiger partial charge in [0.25, 0.3) is 0 Å². The Hall–Kier alpha value is -0.910. The fourth-order valence-electron chi connectivity index (χ4n) is 2.53. The first kappa shape index (κ1) is 15.0. The summed E-state index contributed by atoms with van der Waals surface area (Å²) in [5, 5.41) is 7.06. The molecule has 0 aliphatic carbocycles. The van der Waals surface area contributed by atoms with E-state index >= 15 is 0 Å². The third-order valence-electron chi connectivity index (χ3n) is 3.69. The molecule has 0 aromatic carbocycles. The molecule has 3 heterocycles. The molecular weight excluding hydrogens is 298 g/mol. The normalized spacial score (nSPS) is 18.8. The van der Waals surface area contributed by atoms with Crippen LogP contribution in [0, 0.1) is 0 Å². The molecule has 1 aliphatic rings. The van der Waals surface area contributed by atoms with Gasteiger partial charge in [0.05, 0.1) is 10.7 Å². The molecule has 0 amide bonds. The third-order valence-corrected chi connectivity index (χ3v) is 5.81. The molecule has 1 saturated heterocycles. The average Bonchev–Trinajstić information content (AvgIpc) is 3.02. The van der Waals surface area contributed by atoms with Gasteiger partial charge in [0.15, 0.2) is 0 Å². The molecule has 0 bridgehead atoms. The second-order valence-corrected chi connectivity index (χ2v) is 7.43. The number of pyridine rings is 1. The van der Waals surface area contributed by atoms with Gasteiger partial charge in [-0.1, -0.05) is 0 Å². The molecule has 1 aliphatic heterocycles. The molecule has 0 spiro atoms. The Labute approximate surface area is 134 Å². The van der Waals surface area contributed by atoms with E-state index in [2.05, 4.69) is 27.4 Å². The van der Waals surface area contributed by atoms with Crippen molar-refractivity contribution in [2.24, 2.45) is 0 Å². The van der Waals surface area contributed by atoms with E-state index in [9.17, 15) is 0 Å². The van der Waals surface area contributed by atoms with Crippen molar-refractivity contribution in [3.8, 4) is 11.3 Å². The molecule has 1 N–H and O–H groups in total. The Morgan fingerprint density at radius 2 is 2.19 bits per heavy atom. The number of nitrogens with zero attached hydrogens (tertiary/aromatic N) is 2. The van der Waals surface area contributed by atoms with Crippen LogP contribution in [0.1, 0.15) is 24.3 Å². The summed E-state index contributed by atoms with van der Waals surface area (Å²) in [6.07, 6.45) is 8.59. The Morgan fingerprint density at radius 3 is 3.00 bits per heavy atom. The van der Waals surface area contributed by atoms with Gasteiger partial charge in [-0.3, -0.25) is 4.98 Å². The van der Waals surface area contributed by atoms with Gasteiger partial charge in [-0.15, -0.1) is 11.3 Å². The van der Waals surface area contributed by atoms with E-state index < -0.39 is 0 Å². The minimum Gasteiger partial charge on any atom is -0.313 e. The standard InChI is InChI=1S/C16H21N3S2/c1(7-18-14-3-2-10-20-11-14)4-16-19-15(12-21-16)13-5-8-17-9-6-13/h5-6,8-9,12,14,18H,1-4,7,10-11H2. The lowest BCUT2D eigenvalue weighted by Crippen LogP contribution is -2.34. The highest BCUT2D eigenvalue weighted by Crippen LogP contribution is 2.22. The van der Waals surface area contributed by atoms with Gasteiger partial charge < -0.3 is 5.32 Å². The monoisotopic (exact) mass is 319 g/mol. The van der Waals surface area contributed by atoms with Crippen LogP contribution in [0.5, 0.6) is 0 Å². The van der Waals surface area contributed by atoms with Gasteiger partial charge in [0.2, 0.25) is 0 Å². The summed E-state index contributed by atoms with van der Waals surface area (Å²) in [6, 6.07) is 4.76. The Balaban J connectivity index is 1.42. The molecule has 3 nitrogen and oxygen atoms in total. The predicted octanol–water partition coefficient (Wildman–Crippen LogP) is 3.62. The van der Waals surface area contributed by atoms with Crippen molar-refractivity contribution in [3.05, 3.63) is 34.9 Å². The van der Waals surface area contributed by atoms with E-state index in [0.29, 0.717) is 0 Å². The van der Waals surface area contributed by atoms with Crippen LogP contribution < -0.4 is 5.32 Å². The van der Waals surface area contributed by atoms with Crippen LogP contribution in [0.3, 0.4) is 0 Å². The van der Waals surface area contributed by atoms with Crippen LogP contribution in [0.25, 0.3) is 11.3 Å². The third kappa shape index (κ3) is 4.53. The maximum absolute atomic E-state index is 4.72. The molecule has 0 saturated carbocycles. The van der Waals surface area contributed by atoms with Crippen LogP contribution >= 0.6 is 23.1 Å². The molecule has 112 valence electrons. The summed E-state index contributed by atoms with van der Waals surface area (Å²) in [4.78, 5) is 8.77. The van der Waals surface area contributed by atoms with Crippen LogP contribution in [-0.4, -0.2) is 34.1 Å². The first-order valence-corrected chi connectivity index (χ1v) is 9.61. The maximum atomic E-state index is 4.72. The minimum absolute atomic E-state index is 0.729. The molecule has 2 aromatic heterocycles. The first-order chi connectivity index (χ1) is 10.4. The lowest BCUT2D eigenvalue weighted by atomic mass is 10.2. The summed E-state index contributed by atoms with van der Waals surface area (Å²) in [7, 11) is 0. The van der Waals surface area contributed by atoms with Crippen LogP contribution in [0.4, 0.5) is 0 Å². The summed E-state index contributed by atoms with van der Waals surface area (Å²) < 4.78 is 0. The number of nitrogens with one attached hydrogen (secondary N) is 1. The maximum Gasteiger partial charge on any atom is 0.0933 e. The van der Waals surface area contributed by atoms with Gasteiger partial charge in [0.1, 0.15) is 0 Å². The van der Waals surface area contributed by atoms with Crippen LogP contribution in [0.2, 0.25) is 0 Å². The molecule has 1 unspecified atom stereocenters. The second-order valence-electron chi connectivity index (χ2n) is 5.33. The second kappa shape index (κ2) is 7.92. The van der Waals surface area contributed by atoms with E-state index in [0.717, 1.165) is 30.3 Å². The Morgan fingerprint density at radius 1 is 1.29 bits per heavy atom. The molecule has 1 fully saturated rings. The fourth-order valence-corrected chi connectivity index (χ4v) is 4.48. The highest BCUT2D eigenvalue weighted by Gasteiger charge is 2.12. The topological polar surface area (TPSA) is 37.8 Å². The largest absolute Gasteiger partial charge is 0.313 e. The summed E-state index contributed by atoms with van der Waals surface area (Å²) >= 11 is 3.85.